The van der Waals surface area contributed by atoms with E-state index in [2.05, 4.69) is 39.5 Å². The van der Waals surface area contributed by atoms with Crippen LogP contribution in [0, 0.1) is 0 Å². The lowest BCUT2D eigenvalue weighted by molar-refractivity contribution is 0.272. The summed E-state index contributed by atoms with van der Waals surface area (Å²) in [5.74, 6) is 0. The molecule has 0 aliphatic rings. The van der Waals surface area contributed by atoms with Crippen molar-refractivity contribution in [3.63, 3.8) is 0 Å². The predicted molar refractivity (Wildman–Crippen MR) is 95.4 cm³/mol. The Kier molecular flexibility index (Phi) is 21.3. The molecule has 0 bridgehead atoms. The maximum Gasteiger partial charge on any atom is 0.466 e. The molecule has 0 aromatic heterocycles. The fourth-order valence-electron chi connectivity index (χ4n) is 0.873. The molecule has 0 aromatic carbocycles. The summed E-state index contributed by atoms with van der Waals surface area (Å²) in [5, 5.41) is 0. The molecule has 0 aromatic rings. The van der Waals surface area contributed by atoms with Crippen LogP contribution in [0.3, 0.4) is 0 Å². The molecular weight excluding hydrogens is 417 g/mol. The summed E-state index contributed by atoms with van der Waals surface area (Å²) in [5.41, 5.74) is 2.80. The van der Waals surface area contributed by atoms with Crippen LogP contribution in [-0.2, 0) is 13.7 Å². The van der Waals surface area contributed by atoms with Gasteiger partial charge in [0.1, 0.15) is 0 Å². The summed E-state index contributed by atoms with van der Waals surface area (Å²) in [6.45, 7) is 10.1. The van der Waals surface area contributed by atoms with Crippen molar-refractivity contribution in [3.05, 3.63) is 36.0 Å². The van der Waals surface area contributed by atoms with Crippen LogP contribution in [0.2, 0.25) is 0 Å². The normalized spacial score (nSPS) is 11.5. The number of rotatable bonds is 4. The molecule has 9 N–H and O–H groups in total. The van der Waals surface area contributed by atoms with Gasteiger partial charge < -0.3 is 44.0 Å². The third kappa shape index (κ3) is 164. The maximum atomic E-state index is 8.88. The predicted octanol–water partition coefficient (Wildman–Crippen LogP) is 1.08. The molecule has 158 valence electrons. The molecule has 26 heavy (non-hydrogen) atoms. The molecule has 0 radical (unpaired) electrons. The lowest BCUT2D eigenvalue weighted by Crippen LogP contribution is -1.75. The Morgan fingerprint density at radius 3 is 1.23 bits per heavy atom. The van der Waals surface area contributed by atoms with Gasteiger partial charge >= 0.3 is 23.5 Å². The second kappa shape index (κ2) is 16.7. The first-order valence-electron chi connectivity index (χ1n) is 6.43. The minimum atomic E-state index is -4.64. The lowest BCUT2D eigenvalue weighted by atomic mass is 10.1. The van der Waals surface area contributed by atoms with Gasteiger partial charge in [-0.15, -0.1) is 0 Å². The summed E-state index contributed by atoms with van der Waals surface area (Å²) in [6, 6.07) is 0. The van der Waals surface area contributed by atoms with E-state index >= 15 is 0 Å². The van der Waals surface area contributed by atoms with Gasteiger partial charge in [-0.1, -0.05) is 36.0 Å². The summed E-state index contributed by atoms with van der Waals surface area (Å²) in [7, 11) is -13.9. The Labute approximate surface area is 151 Å². The average Bonchev–Trinajstić information content (AvgIpc) is 2.21. The molecule has 0 unspecified atom stereocenters. The number of hydrogen-bond donors (Lipinski definition) is 9. The van der Waals surface area contributed by atoms with Gasteiger partial charge in [-0.05, 0) is 33.6 Å². The van der Waals surface area contributed by atoms with Gasteiger partial charge in [0.15, 0.2) is 0 Å². The second-order valence-corrected chi connectivity index (χ2v) is 7.69. The standard InChI is InChI=1S/C11H18.3H3O4P/c1-5-7-11(4)9-6-8-10(2)3;3*1-5(2,3)4/h5,7-8H,1,6,9H2,2-4H3;3*(H3,1,2,3,4). The third-order valence-corrected chi connectivity index (χ3v) is 1.49. The van der Waals surface area contributed by atoms with Crippen molar-refractivity contribution in [2.24, 2.45) is 0 Å². The molecule has 0 saturated carbocycles. The highest BCUT2D eigenvalue weighted by atomic mass is 31.2. The van der Waals surface area contributed by atoms with E-state index in [-0.39, 0.29) is 0 Å². The Morgan fingerprint density at radius 2 is 1.04 bits per heavy atom. The molecule has 0 aliphatic heterocycles. The minimum Gasteiger partial charge on any atom is -0.303 e. The second-order valence-electron chi connectivity index (χ2n) is 4.61. The summed E-state index contributed by atoms with van der Waals surface area (Å²) in [6.07, 6.45) is 8.48. The van der Waals surface area contributed by atoms with E-state index in [9.17, 15) is 0 Å². The third-order valence-electron chi connectivity index (χ3n) is 1.49. The first-order chi connectivity index (χ1) is 11.2. The fraction of sp³-hybridized carbons (Fsp3) is 0.455. The topological polar surface area (TPSA) is 233 Å². The zero-order valence-corrected chi connectivity index (χ0v) is 17.1. The van der Waals surface area contributed by atoms with Gasteiger partial charge in [-0.3, -0.25) is 0 Å². The van der Waals surface area contributed by atoms with Crippen molar-refractivity contribution >= 4 is 23.5 Å². The van der Waals surface area contributed by atoms with Gasteiger partial charge in [0, 0.05) is 0 Å². The van der Waals surface area contributed by atoms with Crippen molar-refractivity contribution in [1.82, 2.24) is 0 Å². The van der Waals surface area contributed by atoms with Crippen molar-refractivity contribution in [2.75, 3.05) is 0 Å². The van der Waals surface area contributed by atoms with Gasteiger partial charge in [0.2, 0.25) is 0 Å². The number of allylic oxidation sites excluding steroid dienone is 5. The van der Waals surface area contributed by atoms with Crippen LogP contribution < -0.4 is 0 Å². The van der Waals surface area contributed by atoms with E-state index in [0.717, 1.165) is 12.8 Å². The molecule has 0 saturated heterocycles. The maximum absolute atomic E-state index is 8.88. The first-order valence-corrected chi connectivity index (χ1v) is 11.1. The Morgan fingerprint density at radius 1 is 0.769 bits per heavy atom. The van der Waals surface area contributed by atoms with Crippen LogP contribution in [-0.4, -0.2) is 44.0 Å². The molecule has 0 atom stereocenters. The summed E-state index contributed by atoms with van der Waals surface area (Å²) >= 11 is 0. The van der Waals surface area contributed by atoms with Gasteiger partial charge in [0.05, 0.1) is 0 Å². The summed E-state index contributed by atoms with van der Waals surface area (Å²) < 4.78 is 26.6. The van der Waals surface area contributed by atoms with Crippen LogP contribution in [0.1, 0.15) is 33.6 Å². The highest BCUT2D eigenvalue weighted by molar-refractivity contribution is 7.45. The van der Waals surface area contributed by atoms with Crippen molar-refractivity contribution in [2.45, 2.75) is 33.6 Å². The molecule has 15 heteroatoms. The highest BCUT2D eigenvalue weighted by Gasteiger charge is 2.01. The van der Waals surface area contributed by atoms with Crippen molar-refractivity contribution in [1.29, 1.82) is 0 Å². The largest absolute Gasteiger partial charge is 0.466 e. The van der Waals surface area contributed by atoms with Gasteiger partial charge in [0.25, 0.3) is 0 Å². The van der Waals surface area contributed by atoms with Crippen LogP contribution in [0.15, 0.2) is 36.0 Å². The molecule has 0 heterocycles. The average molecular weight is 444 g/mol. The zero-order chi connectivity index (χ0) is 22.2. The lowest BCUT2D eigenvalue weighted by Gasteiger charge is -1.95. The molecule has 0 aliphatic carbocycles. The number of hydrogen-bond acceptors (Lipinski definition) is 3. The first kappa shape index (κ1) is 33.2. The Hall–Kier alpha value is -0.450. The monoisotopic (exact) mass is 444 g/mol. The van der Waals surface area contributed by atoms with E-state index in [4.69, 9.17) is 57.7 Å². The molecule has 0 amide bonds. The van der Waals surface area contributed by atoms with Gasteiger partial charge in [-0.25, -0.2) is 13.7 Å². The van der Waals surface area contributed by atoms with E-state index in [1.807, 2.05) is 6.08 Å². The molecule has 12 nitrogen and oxygen atoms in total. The molecule has 0 spiro atoms. The van der Waals surface area contributed by atoms with Gasteiger partial charge in [-0.2, -0.15) is 0 Å². The SMILES string of the molecule is C=CC=C(C)CCC=C(C)C.O=P(O)(O)O.O=P(O)(O)O.O=P(O)(O)O. The van der Waals surface area contributed by atoms with E-state index in [1.165, 1.54) is 11.1 Å². The zero-order valence-electron chi connectivity index (χ0n) is 14.4. The molecular formula is C11H27O12P3. The Balaban J connectivity index is -0.000000136. The van der Waals surface area contributed by atoms with Crippen molar-refractivity contribution in [3.8, 4) is 0 Å². The molecule has 0 fully saturated rings. The van der Waals surface area contributed by atoms with Crippen LogP contribution >= 0.6 is 23.5 Å². The Bertz CT molecular complexity index is 489. The highest BCUT2D eigenvalue weighted by Crippen LogP contribution is 2.26. The smallest absolute Gasteiger partial charge is 0.303 e. The fourth-order valence-corrected chi connectivity index (χ4v) is 0.873. The van der Waals surface area contributed by atoms with E-state index in [0.29, 0.717) is 0 Å². The summed E-state index contributed by atoms with van der Waals surface area (Å²) in [4.78, 5) is 64.7. The van der Waals surface area contributed by atoms with Crippen LogP contribution in [0.5, 0.6) is 0 Å². The van der Waals surface area contributed by atoms with E-state index in [1.54, 1.807) is 0 Å². The molecule has 0 rings (SSSR count). The van der Waals surface area contributed by atoms with Crippen molar-refractivity contribution < 1.29 is 57.7 Å². The van der Waals surface area contributed by atoms with Crippen LogP contribution in [0.25, 0.3) is 0 Å². The minimum absolute atomic E-state index is 1.15. The number of phosphoric acid groups is 3. The van der Waals surface area contributed by atoms with E-state index < -0.39 is 23.5 Å². The van der Waals surface area contributed by atoms with Crippen LogP contribution in [0.4, 0.5) is 0 Å². The quantitative estimate of drug-likeness (QED) is 0.168.